The summed E-state index contributed by atoms with van der Waals surface area (Å²) in [6, 6.07) is 13.8. The maximum atomic E-state index is 11.0. The molecule has 0 heterocycles. The Hall–Kier alpha value is -2.42. The predicted molar refractivity (Wildman–Crippen MR) is 79.8 cm³/mol. The van der Waals surface area contributed by atoms with Gasteiger partial charge in [0.2, 0.25) is 0 Å². The molecule has 0 aromatic heterocycles. The van der Waals surface area contributed by atoms with Crippen molar-refractivity contribution < 1.29 is 4.92 Å². The zero-order valence-corrected chi connectivity index (χ0v) is 11.2. The normalized spacial score (nSPS) is 16.1. The van der Waals surface area contributed by atoms with Crippen molar-refractivity contribution in [2.75, 3.05) is 0 Å². The van der Waals surface area contributed by atoms with Crippen molar-refractivity contribution in [2.45, 2.75) is 19.3 Å². The Labute approximate surface area is 117 Å². The van der Waals surface area contributed by atoms with Gasteiger partial charge in [-0.15, -0.1) is 0 Å². The number of nitrogens with zero attached hydrogens (tertiary/aromatic N) is 1. The van der Waals surface area contributed by atoms with Crippen LogP contribution in [-0.2, 0) is 6.42 Å². The Bertz CT molecular complexity index is 687. The van der Waals surface area contributed by atoms with Gasteiger partial charge in [0.05, 0.1) is 10.5 Å². The third-order valence-corrected chi connectivity index (χ3v) is 3.78. The first kappa shape index (κ1) is 12.6. The van der Waals surface area contributed by atoms with Gasteiger partial charge in [0, 0.05) is 12.0 Å². The van der Waals surface area contributed by atoms with E-state index < -0.39 is 0 Å². The minimum atomic E-state index is -0.308. The number of fused-ring (bicyclic) bond motifs is 1. The fourth-order valence-corrected chi connectivity index (χ4v) is 2.71. The first-order chi connectivity index (χ1) is 9.65. The van der Waals surface area contributed by atoms with Crippen LogP contribution in [-0.4, -0.2) is 4.92 Å². The number of nitro groups is 1. The molecule has 1 aliphatic carbocycles. The van der Waals surface area contributed by atoms with Gasteiger partial charge in [-0.3, -0.25) is 10.1 Å². The number of nitro benzene ring substituents is 1. The van der Waals surface area contributed by atoms with E-state index in [1.54, 1.807) is 12.1 Å². The maximum absolute atomic E-state index is 11.0. The molecule has 0 saturated heterocycles. The Morgan fingerprint density at radius 1 is 1.15 bits per heavy atom. The van der Waals surface area contributed by atoms with E-state index in [0.717, 1.165) is 17.5 Å². The molecule has 3 nitrogen and oxygen atoms in total. The number of allylic oxidation sites excluding steroid dienone is 1. The van der Waals surface area contributed by atoms with Gasteiger partial charge in [-0.05, 0) is 24.5 Å². The lowest BCUT2D eigenvalue weighted by atomic mass is 9.93. The van der Waals surface area contributed by atoms with Crippen LogP contribution in [0.3, 0.4) is 0 Å². The van der Waals surface area contributed by atoms with Crippen LogP contribution < -0.4 is 0 Å². The van der Waals surface area contributed by atoms with Crippen molar-refractivity contribution in [1.82, 2.24) is 0 Å². The van der Waals surface area contributed by atoms with E-state index in [9.17, 15) is 10.1 Å². The minimum absolute atomic E-state index is 0.199. The summed E-state index contributed by atoms with van der Waals surface area (Å²) in [6.45, 7) is 2.07. The molecule has 0 fully saturated rings. The smallest absolute Gasteiger partial charge is 0.258 e. The van der Waals surface area contributed by atoms with Crippen molar-refractivity contribution in [1.29, 1.82) is 0 Å². The third kappa shape index (κ3) is 2.23. The highest BCUT2D eigenvalue weighted by Crippen LogP contribution is 2.37. The predicted octanol–water partition coefficient (Wildman–Crippen LogP) is 4.26. The van der Waals surface area contributed by atoms with Crippen LogP contribution in [0.25, 0.3) is 6.08 Å². The average Bonchev–Trinajstić information content (AvgIpc) is 2.84. The maximum Gasteiger partial charge on any atom is 0.276 e. The second-order valence-corrected chi connectivity index (χ2v) is 5.19. The molecule has 0 N–H and O–H groups in total. The summed E-state index contributed by atoms with van der Waals surface area (Å²) in [6.07, 6.45) is 4.83. The summed E-state index contributed by atoms with van der Waals surface area (Å²) in [4.78, 5) is 10.7. The van der Waals surface area contributed by atoms with Gasteiger partial charge in [-0.25, -0.2) is 0 Å². The first-order valence-electron chi connectivity index (χ1n) is 6.66. The second-order valence-electron chi connectivity index (χ2n) is 5.19. The molecule has 2 aromatic carbocycles. The van der Waals surface area contributed by atoms with Crippen LogP contribution >= 0.6 is 0 Å². The molecule has 3 rings (SSSR count). The summed E-state index contributed by atoms with van der Waals surface area (Å²) in [7, 11) is 0. The van der Waals surface area contributed by atoms with Crippen LogP contribution in [0.5, 0.6) is 0 Å². The standard InChI is InChI=1S/C17H15NO2/c1-12-5-7-13(8-6-12)11-14-9-10-16-15(14)3-2-4-17(16)18(19)20/h2-10,14H,11H2,1H3. The van der Waals surface area contributed by atoms with Gasteiger partial charge in [-0.1, -0.05) is 54.1 Å². The zero-order valence-electron chi connectivity index (χ0n) is 11.2. The van der Waals surface area contributed by atoms with Crippen molar-refractivity contribution in [3.8, 4) is 0 Å². The molecule has 0 amide bonds. The first-order valence-corrected chi connectivity index (χ1v) is 6.66. The Morgan fingerprint density at radius 2 is 1.90 bits per heavy atom. The van der Waals surface area contributed by atoms with Gasteiger partial charge in [0.1, 0.15) is 0 Å². The van der Waals surface area contributed by atoms with Crippen molar-refractivity contribution in [2.24, 2.45) is 0 Å². The monoisotopic (exact) mass is 265 g/mol. The highest BCUT2D eigenvalue weighted by atomic mass is 16.6. The van der Waals surface area contributed by atoms with E-state index in [1.165, 1.54) is 11.1 Å². The van der Waals surface area contributed by atoms with Gasteiger partial charge < -0.3 is 0 Å². The van der Waals surface area contributed by atoms with Crippen molar-refractivity contribution >= 4 is 11.8 Å². The lowest BCUT2D eigenvalue weighted by Gasteiger charge is -2.11. The molecule has 20 heavy (non-hydrogen) atoms. The lowest BCUT2D eigenvalue weighted by Crippen LogP contribution is -2.00. The van der Waals surface area contributed by atoms with Gasteiger partial charge in [0.15, 0.2) is 0 Å². The SMILES string of the molecule is Cc1ccc(CC2C=Cc3c2cccc3[N+](=O)[O-])cc1. The van der Waals surface area contributed by atoms with Gasteiger partial charge in [-0.2, -0.15) is 0 Å². The number of hydrogen-bond acceptors (Lipinski definition) is 2. The van der Waals surface area contributed by atoms with E-state index in [4.69, 9.17) is 0 Å². The zero-order chi connectivity index (χ0) is 14.1. The largest absolute Gasteiger partial charge is 0.276 e. The molecule has 0 aliphatic heterocycles. The highest BCUT2D eigenvalue weighted by molar-refractivity contribution is 5.70. The van der Waals surface area contributed by atoms with Crippen LogP contribution in [0, 0.1) is 17.0 Å². The summed E-state index contributed by atoms with van der Waals surface area (Å²) in [5.41, 5.74) is 4.51. The fraction of sp³-hybridized carbons (Fsp3) is 0.176. The molecular formula is C17H15NO2. The molecule has 3 heteroatoms. The van der Waals surface area contributed by atoms with Crippen LogP contribution in [0.4, 0.5) is 5.69 Å². The molecular weight excluding hydrogens is 250 g/mol. The van der Waals surface area contributed by atoms with Crippen molar-refractivity contribution in [3.05, 3.63) is 80.9 Å². The average molecular weight is 265 g/mol. The third-order valence-electron chi connectivity index (χ3n) is 3.78. The van der Waals surface area contributed by atoms with E-state index >= 15 is 0 Å². The summed E-state index contributed by atoms with van der Waals surface area (Å²) in [5, 5.41) is 11.0. The number of rotatable bonds is 3. The molecule has 0 spiro atoms. The summed E-state index contributed by atoms with van der Waals surface area (Å²) >= 11 is 0. The number of aryl methyl sites for hydroxylation is 1. The minimum Gasteiger partial charge on any atom is -0.258 e. The van der Waals surface area contributed by atoms with E-state index in [-0.39, 0.29) is 16.5 Å². The molecule has 100 valence electrons. The Kier molecular flexibility index (Phi) is 3.11. The summed E-state index contributed by atoms with van der Waals surface area (Å²) < 4.78 is 0. The lowest BCUT2D eigenvalue weighted by molar-refractivity contribution is -0.385. The topological polar surface area (TPSA) is 43.1 Å². The van der Waals surface area contributed by atoms with E-state index in [0.29, 0.717) is 0 Å². The quantitative estimate of drug-likeness (QED) is 0.615. The van der Waals surface area contributed by atoms with Crippen molar-refractivity contribution in [3.63, 3.8) is 0 Å². The van der Waals surface area contributed by atoms with Gasteiger partial charge in [0.25, 0.3) is 5.69 Å². The fourth-order valence-electron chi connectivity index (χ4n) is 2.71. The van der Waals surface area contributed by atoms with Crippen LogP contribution in [0.1, 0.15) is 28.2 Å². The molecule has 0 radical (unpaired) electrons. The summed E-state index contributed by atoms with van der Waals surface area (Å²) in [5.74, 6) is 0.229. The van der Waals surface area contributed by atoms with E-state index in [1.807, 2.05) is 12.1 Å². The second kappa shape index (κ2) is 4.93. The van der Waals surface area contributed by atoms with Crippen LogP contribution in [0.2, 0.25) is 0 Å². The number of hydrogen-bond donors (Lipinski definition) is 0. The molecule has 0 bridgehead atoms. The molecule has 1 aliphatic rings. The highest BCUT2D eigenvalue weighted by Gasteiger charge is 2.24. The Morgan fingerprint density at radius 3 is 2.60 bits per heavy atom. The van der Waals surface area contributed by atoms with Gasteiger partial charge >= 0.3 is 0 Å². The number of benzene rings is 2. The molecule has 0 saturated carbocycles. The molecule has 1 atom stereocenters. The molecule has 1 unspecified atom stereocenters. The Balaban J connectivity index is 1.90. The van der Waals surface area contributed by atoms with Crippen LogP contribution in [0.15, 0.2) is 48.5 Å². The van der Waals surface area contributed by atoms with E-state index in [2.05, 4.69) is 37.3 Å². The molecule has 2 aromatic rings.